The quantitative estimate of drug-likeness (QED) is 0.657. The minimum absolute atomic E-state index is 0.128. The Bertz CT molecular complexity index is 592. The topological polar surface area (TPSA) is 55.2 Å². The van der Waals surface area contributed by atoms with Crippen LogP contribution in [0.25, 0.3) is 0 Å². The van der Waals surface area contributed by atoms with Gasteiger partial charge in [0.15, 0.2) is 0 Å². The molecule has 1 N–H and O–H groups in total. The van der Waals surface area contributed by atoms with Gasteiger partial charge in [-0.05, 0) is 38.5 Å². The van der Waals surface area contributed by atoms with Gasteiger partial charge in [-0.2, -0.15) is 0 Å². The lowest BCUT2D eigenvalue weighted by Crippen LogP contribution is -2.21. The normalized spacial score (nSPS) is 13.9. The molecule has 1 aromatic heterocycles. The summed E-state index contributed by atoms with van der Waals surface area (Å²) < 4.78 is 0. The van der Waals surface area contributed by atoms with Crippen molar-refractivity contribution in [1.82, 2.24) is 5.32 Å². The molecule has 1 heterocycles. The molecule has 2 aromatic rings. The smallest absolute Gasteiger partial charge is 0.269 e. The highest BCUT2D eigenvalue weighted by atomic mass is 32.1. The zero-order valence-electron chi connectivity index (χ0n) is 11.8. The van der Waals surface area contributed by atoms with E-state index in [4.69, 9.17) is 0 Å². The Morgan fingerprint density at radius 3 is 2.25 bits per heavy atom. The highest BCUT2D eigenvalue weighted by Gasteiger charge is 2.13. The van der Waals surface area contributed by atoms with E-state index in [9.17, 15) is 10.1 Å². The Morgan fingerprint density at radius 1 is 1.10 bits per heavy atom. The van der Waals surface area contributed by atoms with E-state index < -0.39 is 0 Å². The minimum atomic E-state index is -0.376. The Hall–Kier alpha value is -1.72. The molecule has 0 aliphatic rings. The number of nitrogens with one attached hydrogen (secondary N) is 1. The molecule has 0 spiro atoms. The van der Waals surface area contributed by atoms with Crippen molar-refractivity contribution < 1.29 is 4.92 Å². The third kappa shape index (κ3) is 3.43. The first-order valence-corrected chi connectivity index (χ1v) is 7.35. The fourth-order valence-corrected chi connectivity index (χ4v) is 3.01. The van der Waals surface area contributed by atoms with Crippen LogP contribution in [-0.2, 0) is 0 Å². The van der Waals surface area contributed by atoms with Gasteiger partial charge in [0.2, 0.25) is 0 Å². The summed E-state index contributed by atoms with van der Waals surface area (Å²) in [5.74, 6) is 0. The molecule has 2 atom stereocenters. The zero-order chi connectivity index (χ0) is 14.7. The summed E-state index contributed by atoms with van der Waals surface area (Å²) in [6.45, 7) is 6.30. The Balaban J connectivity index is 2.04. The number of nitro benzene ring substituents is 1. The molecule has 0 aliphatic carbocycles. The highest BCUT2D eigenvalue weighted by molar-refractivity contribution is 7.12. The van der Waals surface area contributed by atoms with E-state index in [1.165, 1.54) is 9.75 Å². The molecular weight excluding hydrogens is 272 g/mol. The van der Waals surface area contributed by atoms with Crippen molar-refractivity contribution in [2.75, 3.05) is 0 Å². The molecule has 106 valence electrons. The molecule has 5 heteroatoms. The average Bonchev–Trinajstić information content (AvgIpc) is 2.85. The van der Waals surface area contributed by atoms with Gasteiger partial charge in [-0.1, -0.05) is 12.1 Å². The van der Waals surface area contributed by atoms with E-state index in [0.29, 0.717) is 0 Å². The number of hydrogen-bond acceptors (Lipinski definition) is 4. The molecule has 0 bridgehead atoms. The van der Waals surface area contributed by atoms with Gasteiger partial charge in [0, 0.05) is 34.0 Å². The van der Waals surface area contributed by atoms with E-state index in [0.717, 1.165) is 5.56 Å². The van der Waals surface area contributed by atoms with Crippen LogP contribution in [0.3, 0.4) is 0 Å². The molecule has 2 rings (SSSR count). The van der Waals surface area contributed by atoms with Crippen molar-refractivity contribution in [1.29, 1.82) is 0 Å². The van der Waals surface area contributed by atoms with E-state index in [1.54, 1.807) is 23.5 Å². The van der Waals surface area contributed by atoms with E-state index in [2.05, 4.69) is 38.2 Å². The highest BCUT2D eigenvalue weighted by Crippen LogP contribution is 2.25. The fourth-order valence-electron chi connectivity index (χ4n) is 2.12. The summed E-state index contributed by atoms with van der Waals surface area (Å²) >= 11 is 1.79. The molecule has 0 amide bonds. The van der Waals surface area contributed by atoms with E-state index in [1.807, 2.05) is 12.1 Å². The summed E-state index contributed by atoms with van der Waals surface area (Å²) in [5.41, 5.74) is 1.18. The molecule has 2 unspecified atom stereocenters. The van der Waals surface area contributed by atoms with Gasteiger partial charge in [0.25, 0.3) is 5.69 Å². The van der Waals surface area contributed by atoms with Crippen LogP contribution in [0.2, 0.25) is 0 Å². The second-order valence-electron chi connectivity index (χ2n) is 4.91. The van der Waals surface area contributed by atoms with Crippen molar-refractivity contribution in [3.63, 3.8) is 0 Å². The van der Waals surface area contributed by atoms with Crippen LogP contribution >= 0.6 is 11.3 Å². The monoisotopic (exact) mass is 290 g/mol. The van der Waals surface area contributed by atoms with Gasteiger partial charge < -0.3 is 5.32 Å². The van der Waals surface area contributed by atoms with Crippen molar-refractivity contribution >= 4 is 17.0 Å². The third-order valence-electron chi connectivity index (χ3n) is 3.29. The van der Waals surface area contributed by atoms with Gasteiger partial charge in [-0.25, -0.2) is 0 Å². The standard InChI is InChI=1S/C15H18N2O2S/c1-10-4-9-15(20-10)12(3)16-11(2)13-5-7-14(8-6-13)17(18)19/h4-9,11-12,16H,1-3H3. The number of aryl methyl sites for hydroxylation is 1. The molecule has 1 aromatic carbocycles. The van der Waals surface area contributed by atoms with Crippen LogP contribution in [0.5, 0.6) is 0 Å². The minimum Gasteiger partial charge on any atom is -0.303 e. The van der Waals surface area contributed by atoms with Crippen LogP contribution in [0, 0.1) is 17.0 Å². The van der Waals surface area contributed by atoms with E-state index >= 15 is 0 Å². The first kappa shape index (κ1) is 14.7. The second kappa shape index (κ2) is 6.15. The Labute approximate surface area is 122 Å². The lowest BCUT2D eigenvalue weighted by molar-refractivity contribution is -0.384. The summed E-state index contributed by atoms with van der Waals surface area (Å²) in [5, 5.41) is 14.2. The van der Waals surface area contributed by atoms with Crippen molar-refractivity contribution in [3.8, 4) is 0 Å². The van der Waals surface area contributed by atoms with Crippen molar-refractivity contribution in [2.45, 2.75) is 32.9 Å². The maximum Gasteiger partial charge on any atom is 0.269 e. The number of non-ortho nitro benzene ring substituents is 1. The number of rotatable bonds is 5. The molecule has 0 radical (unpaired) electrons. The van der Waals surface area contributed by atoms with Crippen LogP contribution in [0.4, 0.5) is 5.69 Å². The summed E-state index contributed by atoms with van der Waals surface area (Å²) in [6.07, 6.45) is 0. The Morgan fingerprint density at radius 2 is 1.75 bits per heavy atom. The van der Waals surface area contributed by atoms with Gasteiger partial charge in [0.1, 0.15) is 0 Å². The second-order valence-corrected chi connectivity index (χ2v) is 6.23. The number of benzene rings is 1. The predicted octanol–water partition coefficient (Wildman–Crippen LogP) is 4.38. The summed E-state index contributed by atoms with van der Waals surface area (Å²) in [7, 11) is 0. The molecule has 0 aliphatic heterocycles. The van der Waals surface area contributed by atoms with E-state index in [-0.39, 0.29) is 22.7 Å². The van der Waals surface area contributed by atoms with Crippen molar-refractivity contribution in [3.05, 3.63) is 61.8 Å². The average molecular weight is 290 g/mol. The van der Waals surface area contributed by atoms with Crippen LogP contribution in [-0.4, -0.2) is 4.92 Å². The lowest BCUT2D eigenvalue weighted by atomic mass is 10.1. The molecule has 0 fully saturated rings. The van der Waals surface area contributed by atoms with Gasteiger partial charge in [-0.15, -0.1) is 11.3 Å². The first-order valence-electron chi connectivity index (χ1n) is 6.54. The molecule has 0 saturated carbocycles. The largest absolute Gasteiger partial charge is 0.303 e. The maximum absolute atomic E-state index is 10.6. The van der Waals surface area contributed by atoms with Gasteiger partial charge >= 0.3 is 0 Å². The van der Waals surface area contributed by atoms with Crippen LogP contribution in [0.1, 0.15) is 41.2 Å². The molecule has 20 heavy (non-hydrogen) atoms. The predicted molar refractivity (Wildman–Crippen MR) is 82.1 cm³/mol. The summed E-state index contributed by atoms with van der Waals surface area (Å²) in [4.78, 5) is 12.9. The van der Waals surface area contributed by atoms with Crippen molar-refractivity contribution in [2.24, 2.45) is 0 Å². The first-order chi connectivity index (χ1) is 9.47. The Kier molecular flexibility index (Phi) is 4.52. The van der Waals surface area contributed by atoms with Gasteiger partial charge in [0.05, 0.1) is 4.92 Å². The summed E-state index contributed by atoms with van der Waals surface area (Å²) in [6, 6.07) is 11.4. The fraction of sp³-hybridized carbons (Fsp3) is 0.333. The molecule has 0 saturated heterocycles. The number of nitrogens with zero attached hydrogens (tertiary/aromatic N) is 1. The zero-order valence-corrected chi connectivity index (χ0v) is 12.6. The maximum atomic E-state index is 10.6. The number of hydrogen-bond donors (Lipinski definition) is 1. The lowest BCUT2D eigenvalue weighted by Gasteiger charge is -2.19. The molecule has 4 nitrogen and oxygen atoms in total. The third-order valence-corrected chi connectivity index (χ3v) is 4.48. The molecular formula is C15H18N2O2S. The van der Waals surface area contributed by atoms with Gasteiger partial charge in [-0.3, -0.25) is 10.1 Å². The SMILES string of the molecule is Cc1ccc(C(C)NC(C)c2ccc([N+](=O)[O-])cc2)s1. The van der Waals surface area contributed by atoms with Crippen LogP contribution in [0.15, 0.2) is 36.4 Å². The number of thiophene rings is 1. The van der Waals surface area contributed by atoms with Crippen LogP contribution < -0.4 is 5.32 Å². The number of nitro groups is 1.